The molecule has 0 saturated heterocycles. The Morgan fingerprint density at radius 1 is 0.507 bits per heavy atom. The Hall–Kier alpha value is -7.06. The van der Waals surface area contributed by atoms with Crippen molar-refractivity contribution in [2.24, 2.45) is 0 Å². The van der Waals surface area contributed by atoms with Crippen molar-refractivity contribution in [2.75, 3.05) is 16.2 Å². The van der Waals surface area contributed by atoms with Crippen molar-refractivity contribution in [1.29, 1.82) is 0 Å². The number of aliphatic hydroxyl groups excluding tert-OH is 2. The lowest BCUT2D eigenvalue weighted by Crippen LogP contribution is -2.15. The summed E-state index contributed by atoms with van der Waals surface area (Å²) in [7, 11) is -2.54. The summed E-state index contributed by atoms with van der Waals surface area (Å²) in [6.07, 6.45) is 7.56. The van der Waals surface area contributed by atoms with Crippen LogP contribution in [0.25, 0.3) is 0 Å². The van der Waals surface area contributed by atoms with Crippen LogP contribution < -0.4 is 16.2 Å². The number of nitrogen functional groups attached to an aromatic ring is 2. The third-order valence-electron chi connectivity index (χ3n) is 10.3. The van der Waals surface area contributed by atoms with Crippen LogP contribution in [-0.4, -0.2) is 59.4 Å². The first-order chi connectivity index (χ1) is 34.5. The number of Topliss-reactive ketones (excluding diaryl/α,β-unsaturated/α-hetero) is 2. The van der Waals surface area contributed by atoms with Crippen molar-refractivity contribution in [3.63, 3.8) is 0 Å². The van der Waals surface area contributed by atoms with Crippen molar-refractivity contribution < 1.29 is 41.4 Å². The quantitative estimate of drug-likeness (QED) is 0.0433. The lowest BCUT2D eigenvalue weighted by molar-refractivity contribution is 0.100. The number of benzene rings is 5. The van der Waals surface area contributed by atoms with E-state index in [0.717, 1.165) is 5.56 Å². The number of carbonyl (C=O) groups is 3. The minimum atomic E-state index is -3.93. The van der Waals surface area contributed by atoms with Gasteiger partial charge >= 0.3 is 0 Å². The monoisotopic (exact) mass is 1100 g/mol. The van der Waals surface area contributed by atoms with Gasteiger partial charge in [0, 0.05) is 108 Å². The summed E-state index contributed by atoms with van der Waals surface area (Å²) in [5.74, 6) is -0.418. The van der Waals surface area contributed by atoms with Crippen LogP contribution in [0.1, 0.15) is 84.9 Å². The molecule has 5 aromatic carbocycles. The molecule has 3 heterocycles. The third kappa shape index (κ3) is 16.5. The fourth-order valence-electron chi connectivity index (χ4n) is 6.39. The molecule has 0 saturated carbocycles. The summed E-state index contributed by atoms with van der Waals surface area (Å²) >= 11 is 17.7. The van der Waals surface area contributed by atoms with E-state index in [1.165, 1.54) is 93.0 Å². The van der Waals surface area contributed by atoms with E-state index >= 15 is 0 Å². The number of ketones is 3. The number of sulfonamides is 1. The zero-order valence-corrected chi connectivity index (χ0v) is 43.1. The molecule has 376 valence electrons. The Morgan fingerprint density at radius 2 is 0.904 bits per heavy atom. The number of nitrogens with one attached hydrogen (secondary N) is 1. The molecule has 0 aliphatic rings. The number of aliphatic hydroxyl groups is 2. The molecule has 8 aromatic rings. The Balaban J connectivity index is 0.000000190. The number of nitrogens with two attached hydrogens (primary N) is 2. The topological polar surface area (TPSA) is 263 Å². The Bertz CT molecular complexity index is 3420. The molecule has 0 aliphatic heterocycles. The summed E-state index contributed by atoms with van der Waals surface area (Å²) in [4.78, 5) is 45.9. The van der Waals surface area contributed by atoms with Crippen LogP contribution >= 0.6 is 45.5 Å². The normalized spacial score (nSPS) is 11.7. The molecule has 7 N–H and O–H groups in total. The van der Waals surface area contributed by atoms with Gasteiger partial charge in [0.1, 0.15) is 12.2 Å². The van der Waals surface area contributed by atoms with Crippen molar-refractivity contribution >= 4 is 99.0 Å². The minimum absolute atomic E-state index is 0.000772. The highest BCUT2D eigenvalue weighted by Crippen LogP contribution is 2.33. The highest BCUT2D eigenvalue weighted by atomic mass is 35.7. The molecule has 2 atom stereocenters. The van der Waals surface area contributed by atoms with Crippen molar-refractivity contribution in [3.8, 4) is 0 Å². The van der Waals surface area contributed by atoms with Gasteiger partial charge in [-0.15, -0.1) is 0 Å². The summed E-state index contributed by atoms with van der Waals surface area (Å²) in [6.45, 7) is 2.81. The molecular formula is C52H44Cl4N6O9S2. The maximum absolute atomic E-state index is 12.8. The summed E-state index contributed by atoms with van der Waals surface area (Å²) in [6, 6.07) is 35.5. The second kappa shape index (κ2) is 26.1. The summed E-state index contributed by atoms with van der Waals surface area (Å²) in [5.41, 5.74) is 16.7. The largest absolute Gasteiger partial charge is 0.398 e. The van der Waals surface area contributed by atoms with Gasteiger partial charge in [-0.3, -0.25) is 34.1 Å². The smallest absolute Gasteiger partial charge is 0.261 e. The van der Waals surface area contributed by atoms with Crippen molar-refractivity contribution in [3.05, 3.63) is 236 Å². The first kappa shape index (κ1) is 56.8. The molecule has 0 spiro atoms. The molecular weight excluding hydrogens is 1060 g/mol. The van der Waals surface area contributed by atoms with Gasteiger partial charge in [-0.2, -0.15) is 0 Å². The maximum Gasteiger partial charge on any atom is 0.261 e. The van der Waals surface area contributed by atoms with Gasteiger partial charge in [-0.25, -0.2) is 16.8 Å². The average Bonchev–Trinajstić information content (AvgIpc) is 3.38. The van der Waals surface area contributed by atoms with Crippen LogP contribution in [0.15, 0.2) is 186 Å². The van der Waals surface area contributed by atoms with E-state index in [2.05, 4.69) is 19.7 Å². The zero-order valence-electron chi connectivity index (χ0n) is 38.5. The molecule has 15 nitrogen and oxygen atoms in total. The molecule has 3 aromatic heterocycles. The van der Waals surface area contributed by atoms with E-state index in [-0.39, 0.29) is 32.8 Å². The second-order valence-electron chi connectivity index (χ2n) is 15.4. The fraction of sp³-hybridized carbons (Fsp3) is 0.0769. The number of hydrogen-bond donors (Lipinski definition) is 5. The van der Waals surface area contributed by atoms with Crippen LogP contribution in [0.3, 0.4) is 0 Å². The number of anilines is 3. The predicted octanol–water partition coefficient (Wildman–Crippen LogP) is 10.6. The van der Waals surface area contributed by atoms with Crippen LogP contribution in [0.5, 0.6) is 0 Å². The van der Waals surface area contributed by atoms with Gasteiger partial charge in [0.05, 0.1) is 15.5 Å². The molecule has 21 heteroatoms. The molecule has 8 rings (SSSR count). The molecule has 2 unspecified atom stereocenters. The average molecular weight is 1100 g/mol. The highest BCUT2D eigenvalue weighted by Gasteiger charge is 2.21. The number of nitrogens with zero attached hydrogens (tertiary/aromatic N) is 3. The van der Waals surface area contributed by atoms with E-state index in [1.807, 2.05) is 0 Å². The zero-order chi connectivity index (χ0) is 53.5. The number of pyridine rings is 3. The maximum atomic E-state index is 12.8. The van der Waals surface area contributed by atoms with E-state index in [0.29, 0.717) is 65.4 Å². The first-order valence-corrected chi connectivity index (χ1v) is 26.2. The van der Waals surface area contributed by atoms with Crippen molar-refractivity contribution in [1.82, 2.24) is 15.0 Å². The summed E-state index contributed by atoms with van der Waals surface area (Å²) in [5, 5.41) is 22.2. The lowest BCUT2D eigenvalue weighted by atomic mass is 10.0. The third-order valence-corrected chi connectivity index (χ3v) is 13.7. The predicted molar refractivity (Wildman–Crippen MR) is 284 cm³/mol. The van der Waals surface area contributed by atoms with Crippen LogP contribution in [0.4, 0.5) is 17.1 Å². The number of halogens is 4. The van der Waals surface area contributed by atoms with Crippen molar-refractivity contribution in [2.45, 2.75) is 35.8 Å². The summed E-state index contributed by atoms with van der Waals surface area (Å²) < 4.78 is 49.6. The van der Waals surface area contributed by atoms with Crippen LogP contribution in [0.2, 0.25) is 15.1 Å². The lowest BCUT2D eigenvalue weighted by Gasteiger charge is -2.18. The van der Waals surface area contributed by atoms with Gasteiger partial charge in [-0.1, -0.05) is 59.1 Å². The van der Waals surface area contributed by atoms with Gasteiger partial charge in [0.2, 0.25) is 0 Å². The minimum Gasteiger partial charge on any atom is -0.398 e. The van der Waals surface area contributed by atoms with E-state index in [9.17, 15) is 41.4 Å². The Labute approximate surface area is 440 Å². The molecule has 0 fully saturated rings. The Morgan fingerprint density at radius 3 is 1.37 bits per heavy atom. The molecule has 73 heavy (non-hydrogen) atoms. The molecule has 0 amide bonds. The second-order valence-corrected chi connectivity index (χ2v) is 20.9. The Kier molecular flexibility index (Phi) is 20.3. The number of aromatic nitrogens is 3. The fourth-order valence-corrected chi connectivity index (χ4v) is 8.78. The van der Waals surface area contributed by atoms with E-state index < -0.39 is 31.3 Å². The number of rotatable bonds is 12. The highest BCUT2D eigenvalue weighted by molar-refractivity contribution is 8.13. The molecule has 0 aliphatic carbocycles. The van der Waals surface area contributed by atoms with Gasteiger partial charge in [0.25, 0.3) is 19.1 Å². The van der Waals surface area contributed by atoms with Crippen LogP contribution in [0, 0.1) is 0 Å². The number of carbonyl (C=O) groups excluding carboxylic acids is 3. The molecule has 0 bridgehead atoms. The SMILES string of the molecule is CC(=O)c1ccc(S(=O)(=O)Cl)cc1.CC(=O)c1ccc(S(=O)(=O)Nc2ccc(Cl)cc2C(O)c2ccncc2)cc1.Nc1ccc(Cl)cc1C(=O)c1ccncc1.Nc1ccc(Cl)cc1C(O)c1ccncc1. The van der Waals surface area contributed by atoms with Crippen LogP contribution in [-0.2, 0) is 19.1 Å². The van der Waals surface area contributed by atoms with E-state index in [1.54, 1.807) is 97.6 Å². The number of hydrogen-bond acceptors (Lipinski definition) is 14. The van der Waals surface area contributed by atoms with Gasteiger partial charge < -0.3 is 21.7 Å². The first-order valence-electron chi connectivity index (χ1n) is 21.2. The van der Waals surface area contributed by atoms with E-state index in [4.69, 9.17) is 57.0 Å². The standard InChI is InChI=1S/C20H17ClN2O4S.C12H11ClN2O.C12H9ClN2O.C8H7ClO3S/c1-13(24)14-2-5-17(6-3-14)28(26,27)23-19-7-4-16(21)12-18(19)20(25)15-8-10-22-11-9-15;2*13-9-1-2-11(14)10(7-9)12(16)8-3-5-15-6-4-8;1-6(10)7-2-4-8(5-3-7)13(9,11)12/h2-12,20,23,25H,1H3;1-7,12,16H,14H2;1-7H,14H2;2-5H,1H3. The molecule has 0 radical (unpaired) electrons. The van der Waals surface area contributed by atoms with Gasteiger partial charge in [-0.05, 0) is 140 Å². The van der Waals surface area contributed by atoms with Gasteiger partial charge in [0.15, 0.2) is 17.3 Å².